The zero-order valence-electron chi connectivity index (χ0n) is 16.0. The van der Waals surface area contributed by atoms with Crippen LogP contribution in [0.2, 0.25) is 5.02 Å². The van der Waals surface area contributed by atoms with Gasteiger partial charge in [-0.25, -0.2) is 4.98 Å². The molecule has 0 bridgehead atoms. The number of aromatic nitrogens is 1. The summed E-state index contributed by atoms with van der Waals surface area (Å²) in [6.45, 7) is 2.41. The molecular weight excluding hydrogens is 374 g/mol. The van der Waals surface area contributed by atoms with Crippen LogP contribution in [0.5, 0.6) is 0 Å². The number of fused-ring (bicyclic) bond motifs is 1. The Balaban J connectivity index is 1.45. The lowest BCUT2D eigenvalue weighted by Crippen LogP contribution is -2.43. The zero-order valence-corrected chi connectivity index (χ0v) is 16.7. The Morgan fingerprint density at radius 1 is 1.14 bits per heavy atom. The lowest BCUT2D eigenvalue weighted by Gasteiger charge is -2.35. The molecule has 1 saturated heterocycles. The van der Waals surface area contributed by atoms with Crippen LogP contribution in [0.4, 0.5) is 11.5 Å². The Kier molecular flexibility index (Phi) is 5.83. The van der Waals surface area contributed by atoms with Gasteiger partial charge in [0.25, 0.3) is 0 Å². The van der Waals surface area contributed by atoms with Crippen LogP contribution in [-0.2, 0) is 17.8 Å². The summed E-state index contributed by atoms with van der Waals surface area (Å²) in [4.78, 5) is 21.9. The lowest BCUT2D eigenvalue weighted by atomic mass is 9.94. The van der Waals surface area contributed by atoms with E-state index in [1.54, 1.807) is 6.20 Å². The number of halogens is 1. The maximum atomic E-state index is 13.3. The summed E-state index contributed by atoms with van der Waals surface area (Å²) < 4.78 is 0. The van der Waals surface area contributed by atoms with Crippen LogP contribution in [-0.4, -0.2) is 35.6 Å². The van der Waals surface area contributed by atoms with E-state index >= 15 is 0 Å². The first-order valence-electron chi connectivity index (χ1n) is 10.1. The molecule has 1 N–H and O–H groups in total. The molecule has 1 aromatic heterocycles. The van der Waals surface area contributed by atoms with Crippen LogP contribution in [0.3, 0.4) is 0 Å². The topological polar surface area (TPSA) is 56.7 Å². The molecule has 1 amide bonds. The number of aliphatic hydroxyl groups excluding tert-OH is 1. The molecule has 0 aliphatic carbocycles. The number of amides is 1. The second-order valence-corrected chi connectivity index (χ2v) is 8.10. The number of carbonyl (C=O) groups excluding carboxylic acids is 1. The molecule has 2 aliphatic heterocycles. The van der Waals surface area contributed by atoms with Crippen molar-refractivity contribution in [1.82, 2.24) is 4.98 Å². The van der Waals surface area contributed by atoms with E-state index in [2.05, 4.69) is 9.88 Å². The van der Waals surface area contributed by atoms with Crippen LogP contribution >= 0.6 is 11.6 Å². The molecule has 148 valence electrons. The summed E-state index contributed by atoms with van der Waals surface area (Å²) in [7, 11) is 0. The van der Waals surface area contributed by atoms with E-state index in [1.807, 2.05) is 35.2 Å². The highest BCUT2D eigenvalue weighted by molar-refractivity contribution is 6.30. The van der Waals surface area contributed by atoms with Gasteiger partial charge in [0.15, 0.2) is 0 Å². The number of benzene rings is 1. The maximum absolute atomic E-state index is 13.3. The highest BCUT2D eigenvalue weighted by Gasteiger charge is 2.31. The smallest absolute Gasteiger partial charge is 0.230 e. The standard InChI is InChI=1S/C22H26ClN3O2/c23-19-4-5-20-18(14-19)3-1-2-10-26(20)22(28)17-7-11-25(12-8-17)21-13-16(15-27)6-9-24-21/h4-6,9,13-14,17,27H,1-3,7-8,10-12,15H2. The maximum Gasteiger partial charge on any atom is 0.230 e. The molecule has 0 atom stereocenters. The molecule has 5 nitrogen and oxygen atoms in total. The zero-order chi connectivity index (χ0) is 19.5. The minimum atomic E-state index is 0.0167. The fourth-order valence-corrected chi connectivity index (χ4v) is 4.45. The van der Waals surface area contributed by atoms with Crippen molar-refractivity contribution < 1.29 is 9.90 Å². The number of rotatable bonds is 3. The summed E-state index contributed by atoms with van der Waals surface area (Å²) >= 11 is 6.17. The predicted molar refractivity (Wildman–Crippen MR) is 112 cm³/mol. The number of aryl methyl sites for hydroxylation is 1. The van der Waals surface area contributed by atoms with Crippen molar-refractivity contribution in [2.45, 2.75) is 38.7 Å². The highest BCUT2D eigenvalue weighted by atomic mass is 35.5. The molecule has 0 spiro atoms. The van der Waals surface area contributed by atoms with E-state index in [9.17, 15) is 9.90 Å². The SMILES string of the molecule is O=C(C1CCN(c2cc(CO)ccn2)CC1)N1CCCCc2cc(Cl)ccc21. The van der Waals surface area contributed by atoms with Crippen LogP contribution in [0.1, 0.15) is 36.8 Å². The van der Waals surface area contributed by atoms with E-state index < -0.39 is 0 Å². The summed E-state index contributed by atoms with van der Waals surface area (Å²) in [6, 6.07) is 9.64. The Morgan fingerprint density at radius 2 is 1.96 bits per heavy atom. The monoisotopic (exact) mass is 399 g/mol. The summed E-state index contributed by atoms with van der Waals surface area (Å²) in [5.41, 5.74) is 3.08. The quantitative estimate of drug-likeness (QED) is 0.852. The molecule has 2 aliphatic rings. The number of carbonyl (C=O) groups is 1. The van der Waals surface area contributed by atoms with Gasteiger partial charge in [0.1, 0.15) is 5.82 Å². The van der Waals surface area contributed by atoms with Crippen molar-refractivity contribution in [2.24, 2.45) is 5.92 Å². The second-order valence-electron chi connectivity index (χ2n) is 7.66. The third kappa shape index (κ3) is 4.01. The van der Waals surface area contributed by atoms with Crippen LogP contribution in [0.15, 0.2) is 36.5 Å². The first-order valence-corrected chi connectivity index (χ1v) is 10.4. The molecule has 1 aromatic carbocycles. The highest BCUT2D eigenvalue weighted by Crippen LogP contribution is 2.32. The number of aliphatic hydroxyl groups is 1. The molecule has 0 saturated carbocycles. The fourth-order valence-electron chi connectivity index (χ4n) is 4.26. The molecule has 3 heterocycles. The van der Waals surface area contributed by atoms with Gasteiger partial charge in [-0.2, -0.15) is 0 Å². The first kappa shape index (κ1) is 19.2. The molecule has 28 heavy (non-hydrogen) atoms. The van der Waals surface area contributed by atoms with Gasteiger partial charge < -0.3 is 14.9 Å². The van der Waals surface area contributed by atoms with Crippen molar-refractivity contribution in [3.05, 3.63) is 52.7 Å². The lowest BCUT2D eigenvalue weighted by molar-refractivity contribution is -0.123. The molecular formula is C22H26ClN3O2. The van der Waals surface area contributed by atoms with Gasteiger partial charge in [0.05, 0.1) is 6.61 Å². The Labute approximate surface area is 170 Å². The van der Waals surface area contributed by atoms with Crippen molar-refractivity contribution >= 4 is 29.0 Å². The third-order valence-electron chi connectivity index (χ3n) is 5.84. The normalized spacial score (nSPS) is 17.9. The second kappa shape index (κ2) is 8.50. The number of pyridine rings is 1. The van der Waals surface area contributed by atoms with Crippen LogP contribution < -0.4 is 9.80 Å². The average molecular weight is 400 g/mol. The minimum absolute atomic E-state index is 0.0167. The van der Waals surface area contributed by atoms with E-state index in [1.165, 1.54) is 5.56 Å². The van der Waals surface area contributed by atoms with Gasteiger partial charge in [-0.3, -0.25) is 4.79 Å². The molecule has 6 heteroatoms. The van der Waals surface area contributed by atoms with Crippen LogP contribution in [0, 0.1) is 5.92 Å². The number of nitrogens with zero attached hydrogens (tertiary/aromatic N) is 3. The summed E-state index contributed by atoms with van der Waals surface area (Å²) in [5.74, 6) is 1.16. The first-order chi connectivity index (χ1) is 13.7. The Morgan fingerprint density at radius 3 is 2.75 bits per heavy atom. The van der Waals surface area contributed by atoms with Crippen molar-refractivity contribution in [1.29, 1.82) is 0 Å². The minimum Gasteiger partial charge on any atom is -0.392 e. The van der Waals surface area contributed by atoms with Gasteiger partial charge >= 0.3 is 0 Å². The molecule has 4 rings (SSSR count). The fraction of sp³-hybridized carbons (Fsp3) is 0.455. The van der Waals surface area contributed by atoms with Gasteiger partial charge in [-0.15, -0.1) is 0 Å². The number of anilines is 2. The van der Waals surface area contributed by atoms with Crippen LogP contribution in [0.25, 0.3) is 0 Å². The predicted octanol–water partition coefficient (Wildman–Crippen LogP) is 3.81. The molecule has 0 radical (unpaired) electrons. The Bertz CT molecular complexity index is 849. The van der Waals surface area contributed by atoms with E-state index in [0.29, 0.717) is 0 Å². The molecule has 1 fully saturated rings. The van der Waals surface area contributed by atoms with E-state index in [4.69, 9.17) is 11.6 Å². The van der Waals surface area contributed by atoms with Gasteiger partial charge in [-0.1, -0.05) is 11.6 Å². The average Bonchev–Trinajstić information content (AvgIpc) is 2.95. The number of hydrogen-bond acceptors (Lipinski definition) is 4. The Hall–Kier alpha value is -2.11. The van der Waals surface area contributed by atoms with Crippen molar-refractivity contribution in [3.63, 3.8) is 0 Å². The largest absolute Gasteiger partial charge is 0.392 e. The van der Waals surface area contributed by atoms with E-state index in [-0.39, 0.29) is 18.4 Å². The van der Waals surface area contributed by atoms with Gasteiger partial charge in [-0.05, 0) is 73.6 Å². The molecule has 0 unspecified atom stereocenters. The van der Waals surface area contributed by atoms with Gasteiger partial charge in [0, 0.05) is 42.5 Å². The number of hydrogen-bond donors (Lipinski definition) is 1. The summed E-state index contributed by atoms with van der Waals surface area (Å²) in [6.07, 6.45) is 6.46. The summed E-state index contributed by atoms with van der Waals surface area (Å²) in [5, 5.41) is 10.1. The number of piperidine rings is 1. The van der Waals surface area contributed by atoms with Gasteiger partial charge in [0.2, 0.25) is 5.91 Å². The van der Waals surface area contributed by atoms with Crippen molar-refractivity contribution in [2.75, 3.05) is 29.4 Å². The van der Waals surface area contributed by atoms with E-state index in [0.717, 1.165) is 73.8 Å². The molecule has 2 aromatic rings. The van der Waals surface area contributed by atoms with Crippen molar-refractivity contribution in [3.8, 4) is 0 Å². The third-order valence-corrected chi connectivity index (χ3v) is 6.07.